The monoisotopic (exact) mass is 454 g/mol. The highest BCUT2D eigenvalue weighted by Gasteiger charge is 2.21. The van der Waals surface area contributed by atoms with Crippen LogP contribution < -0.4 is 10.3 Å². The number of fused-ring (bicyclic) bond motifs is 1. The molecule has 1 atom stereocenters. The molecular formula is C23H19ClN2O4S. The van der Waals surface area contributed by atoms with E-state index in [2.05, 4.69) is 4.98 Å². The van der Waals surface area contributed by atoms with E-state index in [0.717, 1.165) is 16.9 Å². The maximum Gasteiger partial charge on any atom is 0.329 e. The molecule has 158 valence electrons. The number of esters is 1. The van der Waals surface area contributed by atoms with Crippen molar-refractivity contribution < 1.29 is 14.3 Å². The highest BCUT2D eigenvalue weighted by Crippen LogP contribution is 2.32. The number of hydrogen-bond donors (Lipinski definition) is 0. The van der Waals surface area contributed by atoms with Crippen molar-refractivity contribution in [3.05, 3.63) is 81.2 Å². The van der Waals surface area contributed by atoms with Gasteiger partial charge < -0.3 is 9.47 Å². The predicted molar refractivity (Wildman–Crippen MR) is 122 cm³/mol. The van der Waals surface area contributed by atoms with Crippen LogP contribution in [-0.4, -0.2) is 22.6 Å². The van der Waals surface area contributed by atoms with Crippen LogP contribution in [0.25, 0.3) is 21.3 Å². The number of aromatic nitrogens is 2. The molecule has 0 aliphatic rings. The van der Waals surface area contributed by atoms with Gasteiger partial charge in [-0.2, -0.15) is 0 Å². The Morgan fingerprint density at radius 3 is 2.65 bits per heavy atom. The number of carbonyl (C=O) groups is 1. The van der Waals surface area contributed by atoms with E-state index >= 15 is 0 Å². The van der Waals surface area contributed by atoms with Gasteiger partial charge >= 0.3 is 5.97 Å². The third-order valence-electron chi connectivity index (χ3n) is 5.01. The van der Waals surface area contributed by atoms with Crippen LogP contribution in [0.15, 0.2) is 65.0 Å². The minimum Gasteiger partial charge on any atom is -0.497 e. The second-order valence-electron chi connectivity index (χ2n) is 6.89. The van der Waals surface area contributed by atoms with E-state index in [0.29, 0.717) is 20.8 Å². The lowest BCUT2D eigenvalue weighted by atomic mass is 10.1. The van der Waals surface area contributed by atoms with Crippen molar-refractivity contribution in [2.45, 2.75) is 19.6 Å². The highest BCUT2D eigenvalue weighted by molar-refractivity contribution is 7.17. The van der Waals surface area contributed by atoms with Crippen LogP contribution in [0.3, 0.4) is 0 Å². The molecule has 0 radical (unpaired) electrons. The Bertz CT molecular complexity index is 1300. The zero-order valence-corrected chi connectivity index (χ0v) is 18.4. The van der Waals surface area contributed by atoms with Crippen LogP contribution in [0.5, 0.6) is 5.75 Å². The summed E-state index contributed by atoms with van der Waals surface area (Å²) in [5, 5.41) is 2.89. The highest BCUT2D eigenvalue weighted by atomic mass is 35.5. The topological polar surface area (TPSA) is 70.4 Å². The van der Waals surface area contributed by atoms with E-state index in [9.17, 15) is 9.59 Å². The number of rotatable bonds is 6. The van der Waals surface area contributed by atoms with E-state index < -0.39 is 12.0 Å². The van der Waals surface area contributed by atoms with Crippen molar-refractivity contribution in [2.24, 2.45) is 0 Å². The summed E-state index contributed by atoms with van der Waals surface area (Å²) in [6.45, 7) is 1.64. The Labute approximate surface area is 187 Å². The van der Waals surface area contributed by atoms with E-state index in [4.69, 9.17) is 21.1 Å². The Hall–Kier alpha value is -3.16. The van der Waals surface area contributed by atoms with Gasteiger partial charge in [0.15, 0.2) is 0 Å². The fourth-order valence-electron chi connectivity index (χ4n) is 3.20. The van der Waals surface area contributed by atoms with Gasteiger partial charge in [0.25, 0.3) is 5.56 Å². The van der Waals surface area contributed by atoms with Crippen LogP contribution in [0.4, 0.5) is 0 Å². The van der Waals surface area contributed by atoms with Crippen LogP contribution in [0.2, 0.25) is 5.02 Å². The molecule has 0 spiro atoms. The summed E-state index contributed by atoms with van der Waals surface area (Å²) in [4.78, 5) is 30.9. The lowest BCUT2D eigenvalue weighted by molar-refractivity contribution is -0.148. The summed E-state index contributed by atoms with van der Waals surface area (Å²) in [6.07, 6.45) is 1.39. The Kier molecular flexibility index (Phi) is 6.06. The SMILES string of the molecule is COc1ccc(-c2csc3ncn([C@@H](C)C(=O)OCc4ccccc4Cl)c(=O)c23)cc1. The molecule has 0 amide bonds. The summed E-state index contributed by atoms with van der Waals surface area (Å²) in [5.41, 5.74) is 2.05. The van der Waals surface area contributed by atoms with Crippen molar-refractivity contribution >= 4 is 39.1 Å². The normalized spacial score (nSPS) is 12.0. The van der Waals surface area contributed by atoms with Gasteiger partial charge in [0.2, 0.25) is 0 Å². The van der Waals surface area contributed by atoms with Crippen LogP contribution in [-0.2, 0) is 16.1 Å². The van der Waals surface area contributed by atoms with Gasteiger partial charge in [-0.3, -0.25) is 9.36 Å². The van der Waals surface area contributed by atoms with Crippen molar-refractivity contribution in [3.63, 3.8) is 0 Å². The Balaban J connectivity index is 1.63. The number of carbonyl (C=O) groups excluding carboxylic acids is 1. The van der Waals surface area contributed by atoms with E-state index in [1.807, 2.05) is 35.7 Å². The van der Waals surface area contributed by atoms with Crippen molar-refractivity contribution in [2.75, 3.05) is 7.11 Å². The molecule has 2 aromatic carbocycles. The molecule has 31 heavy (non-hydrogen) atoms. The maximum absolute atomic E-state index is 13.3. The smallest absolute Gasteiger partial charge is 0.329 e. The number of halogens is 1. The fraction of sp³-hybridized carbons (Fsp3) is 0.174. The number of ether oxygens (including phenoxy) is 2. The summed E-state index contributed by atoms with van der Waals surface area (Å²) < 4.78 is 11.9. The molecule has 4 rings (SSSR count). The first-order valence-corrected chi connectivity index (χ1v) is 10.8. The number of benzene rings is 2. The minimum absolute atomic E-state index is 0.0306. The average molecular weight is 455 g/mol. The molecule has 0 N–H and O–H groups in total. The van der Waals surface area contributed by atoms with Crippen molar-refractivity contribution in [3.8, 4) is 16.9 Å². The van der Waals surface area contributed by atoms with Gasteiger partial charge in [0.1, 0.15) is 23.2 Å². The summed E-state index contributed by atoms with van der Waals surface area (Å²) in [6, 6.07) is 13.7. The lowest BCUT2D eigenvalue weighted by Crippen LogP contribution is -2.29. The third kappa shape index (κ3) is 4.19. The number of hydrogen-bond acceptors (Lipinski definition) is 6. The standard InChI is InChI=1S/C23H19ClN2O4S/c1-14(23(28)30-11-16-5-3-4-6-19(16)24)26-13-25-21-20(22(26)27)18(12-31-21)15-7-9-17(29-2)10-8-15/h3-10,12-14H,11H2,1-2H3/t14-/m0/s1. The average Bonchev–Trinajstić information content (AvgIpc) is 3.23. The molecule has 6 nitrogen and oxygen atoms in total. The quantitative estimate of drug-likeness (QED) is 0.379. The first kappa shape index (κ1) is 21.1. The van der Waals surface area contributed by atoms with Crippen LogP contribution >= 0.6 is 22.9 Å². The molecule has 2 aromatic heterocycles. The van der Waals surface area contributed by atoms with Crippen LogP contribution in [0, 0.1) is 0 Å². The summed E-state index contributed by atoms with van der Waals surface area (Å²) in [5.74, 6) is 0.193. The lowest BCUT2D eigenvalue weighted by Gasteiger charge is -2.15. The Morgan fingerprint density at radius 2 is 1.94 bits per heavy atom. The van der Waals surface area contributed by atoms with Crippen molar-refractivity contribution in [1.29, 1.82) is 0 Å². The van der Waals surface area contributed by atoms with Gasteiger partial charge in [-0.15, -0.1) is 11.3 Å². The second kappa shape index (κ2) is 8.91. The fourth-order valence-corrected chi connectivity index (χ4v) is 4.30. The number of nitrogens with zero attached hydrogens (tertiary/aromatic N) is 2. The molecule has 4 aromatic rings. The molecule has 0 fully saturated rings. The van der Waals surface area contributed by atoms with E-state index in [-0.39, 0.29) is 12.2 Å². The molecule has 8 heteroatoms. The Morgan fingerprint density at radius 1 is 1.19 bits per heavy atom. The maximum atomic E-state index is 13.3. The third-order valence-corrected chi connectivity index (χ3v) is 6.26. The molecular weight excluding hydrogens is 436 g/mol. The summed E-state index contributed by atoms with van der Waals surface area (Å²) >= 11 is 7.50. The van der Waals surface area contributed by atoms with Gasteiger partial charge in [-0.1, -0.05) is 41.9 Å². The predicted octanol–water partition coefficient (Wildman–Crippen LogP) is 5.09. The van der Waals surface area contributed by atoms with Gasteiger partial charge in [-0.25, -0.2) is 9.78 Å². The molecule has 0 unspecified atom stereocenters. The second-order valence-corrected chi connectivity index (χ2v) is 8.16. The van der Waals surface area contributed by atoms with Crippen molar-refractivity contribution in [1.82, 2.24) is 9.55 Å². The number of methoxy groups -OCH3 is 1. The van der Waals surface area contributed by atoms with Gasteiger partial charge in [0.05, 0.1) is 18.8 Å². The van der Waals surface area contributed by atoms with Gasteiger partial charge in [-0.05, 0) is 30.7 Å². The molecule has 0 saturated carbocycles. The molecule has 0 bridgehead atoms. The van der Waals surface area contributed by atoms with E-state index in [1.165, 1.54) is 22.2 Å². The number of thiophene rings is 1. The first-order valence-electron chi connectivity index (χ1n) is 9.52. The molecule has 2 heterocycles. The van der Waals surface area contributed by atoms with Gasteiger partial charge in [0, 0.05) is 21.5 Å². The molecule has 0 aliphatic heterocycles. The molecule has 0 saturated heterocycles. The minimum atomic E-state index is -0.837. The first-order chi connectivity index (χ1) is 15.0. The van der Waals surface area contributed by atoms with E-state index in [1.54, 1.807) is 32.2 Å². The zero-order valence-electron chi connectivity index (χ0n) is 16.9. The zero-order chi connectivity index (χ0) is 22.0. The van der Waals surface area contributed by atoms with Crippen LogP contribution in [0.1, 0.15) is 18.5 Å². The molecule has 0 aliphatic carbocycles. The summed E-state index contributed by atoms with van der Waals surface area (Å²) in [7, 11) is 1.60. The largest absolute Gasteiger partial charge is 0.497 e.